The first-order valence-electron chi connectivity index (χ1n) is 10.0. The second-order valence-electron chi connectivity index (χ2n) is 7.35. The van der Waals surface area contributed by atoms with E-state index in [-0.39, 0.29) is 22.1 Å². The molecule has 0 saturated heterocycles. The molecule has 3 aromatic rings. The van der Waals surface area contributed by atoms with E-state index in [1.807, 2.05) is 27.3 Å². The highest BCUT2D eigenvalue weighted by atomic mass is 127. The lowest BCUT2D eigenvalue weighted by molar-refractivity contribution is -0.142. The van der Waals surface area contributed by atoms with Crippen LogP contribution in [0.3, 0.4) is 0 Å². The Morgan fingerprint density at radius 2 is 1.69 bits per heavy atom. The first kappa shape index (κ1) is 27.9. The van der Waals surface area contributed by atoms with Crippen molar-refractivity contribution < 1.29 is 35.9 Å². The third-order valence-corrected chi connectivity index (χ3v) is 7.57. The van der Waals surface area contributed by atoms with Crippen LogP contribution in [0.2, 0.25) is 0 Å². The standard InChI is InChI=1S/C23H17BrF3IN2O5S/c1-35-23(32)20(10-12-5-8-16(25)15(24)9-12)29-22(31)14-7-6-13(28)11-19(14)30-36(33,34)21-17(26)3-2-4-18(21)27/h2-9,11,20,30H,10H2,1H3,(H,29,31)/t20-/m0/s1. The number of sulfonamides is 1. The van der Waals surface area contributed by atoms with Gasteiger partial charge in [0.15, 0.2) is 4.90 Å². The van der Waals surface area contributed by atoms with E-state index in [0.29, 0.717) is 9.13 Å². The number of hydrogen-bond acceptors (Lipinski definition) is 5. The van der Waals surface area contributed by atoms with Crippen LogP contribution in [0.4, 0.5) is 18.9 Å². The molecule has 0 saturated carbocycles. The Bertz CT molecular complexity index is 1420. The lowest BCUT2D eigenvalue weighted by Crippen LogP contribution is -2.43. The number of nitrogens with one attached hydrogen (secondary N) is 2. The average molecular weight is 697 g/mol. The Morgan fingerprint density at radius 1 is 1.03 bits per heavy atom. The summed E-state index contributed by atoms with van der Waals surface area (Å²) in [5.41, 5.74) is 0.0117. The second kappa shape index (κ2) is 11.6. The van der Waals surface area contributed by atoms with Gasteiger partial charge >= 0.3 is 5.97 Å². The fourth-order valence-corrected chi connectivity index (χ4v) is 5.34. The summed E-state index contributed by atoms with van der Waals surface area (Å²) in [6.45, 7) is 0. The van der Waals surface area contributed by atoms with Gasteiger partial charge in [0.1, 0.15) is 23.5 Å². The number of methoxy groups -OCH3 is 1. The van der Waals surface area contributed by atoms with Crippen LogP contribution >= 0.6 is 38.5 Å². The zero-order valence-corrected chi connectivity index (χ0v) is 22.9. The quantitative estimate of drug-likeness (QED) is 0.261. The number of ether oxygens (including phenoxy) is 1. The molecule has 0 heterocycles. The van der Waals surface area contributed by atoms with Crippen LogP contribution in [0.5, 0.6) is 0 Å². The maximum atomic E-state index is 14.1. The molecule has 7 nitrogen and oxygen atoms in total. The van der Waals surface area contributed by atoms with Crippen molar-refractivity contribution in [2.75, 3.05) is 11.8 Å². The molecule has 2 N–H and O–H groups in total. The van der Waals surface area contributed by atoms with Crippen LogP contribution < -0.4 is 10.0 Å². The Kier molecular flexibility index (Phi) is 9.00. The van der Waals surface area contributed by atoms with Crippen molar-refractivity contribution in [2.24, 2.45) is 0 Å². The number of carbonyl (C=O) groups excluding carboxylic acids is 2. The van der Waals surface area contributed by atoms with E-state index < -0.39 is 50.3 Å². The molecule has 0 fully saturated rings. The topological polar surface area (TPSA) is 102 Å². The third kappa shape index (κ3) is 6.56. The van der Waals surface area contributed by atoms with Crippen LogP contribution in [0.1, 0.15) is 15.9 Å². The van der Waals surface area contributed by atoms with Gasteiger partial charge in [-0.05, 0) is 86.5 Å². The Labute approximate surface area is 226 Å². The maximum Gasteiger partial charge on any atom is 0.328 e. The molecule has 3 aromatic carbocycles. The van der Waals surface area contributed by atoms with E-state index >= 15 is 0 Å². The normalized spacial score (nSPS) is 12.1. The predicted molar refractivity (Wildman–Crippen MR) is 137 cm³/mol. The van der Waals surface area contributed by atoms with Crippen molar-refractivity contribution >= 4 is 66.1 Å². The van der Waals surface area contributed by atoms with Gasteiger partial charge < -0.3 is 10.1 Å². The third-order valence-electron chi connectivity index (χ3n) is 4.87. The molecule has 3 rings (SSSR count). The Balaban J connectivity index is 1.93. The number of halogens is 5. The molecule has 36 heavy (non-hydrogen) atoms. The van der Waals surface area contributed by atoms with Gasteiger partial charge in [-0.3, -0.25) is 9.52 Å². The van der Waals surface area contributed by atoms with Crippen LogP contribution in [0.25, 0.3) is 0 Å². The van der Waals surface area contributed by atoms with Crippen molar-refractivity contribution in [3.05, 3.63) is 91.2 Å². The first-order valence-corrected chi connectivity index (χ1v) is 13.4. The average Bonchev–Trinajstić information content (AvgIpc) is 2.80. The number of rotatable bonds is 8. The fourth-order valence-electron chi connectivity index (χ4n) is 3.21. The van der Waals surface area contributed by atoms with E-state index in [4.69, 9.17) is 4.74 Å². The Morgan fingerprint density at radius 3 is 2.31 bits per heavy atom. The molecular formula is C23H17BrF3IN2O5S. The second-order valence-corrected chi connectivity index (χ2v) is 11.1. The number of carbonyl (C=O) groups is 2. The molecule has 190 valence electrons. The van der Waals surface area contributed by atoms with Crippen molar-refractivity contribution in [3.63, 3.8) is 0 Å². The number of benzene rings is 3. The lowest BCUT2D eigenvalue weighted by Gasteiger charge is -2.19. The van der Waals surface area contributed by atoms with E-state index in [0.717, 1.165) is 25.3 Å². The van der Waals surface area contributed by atoms with Crippen molar-refractivity contribution in [2.45, 2.75) is 17.4 Å². The van der Waals surface area contributed by atoms with E-state index in [1.54, 1.807) is 0 Å². The minimum absolute atomic E-state index is 0.0663. The minimum atomic E-state index is -4.77. The molecule has 0 spiro atoms. The van der Waals surface area contributed by atoms with Crippen LogP contribution in [-0.4, -0.2) is 33.4 Å². The van der Waals surface area contributed by atoms with Gasteiger partial charge in [0.2, 0.25) is 0 Å². The molecule has 0 radical (unpaired) electrons. The van der Waals surface area contributed by atoms with E-state index in [2.05, 4.69) is 21.2 Å². The molecule has 0 aromatic heterocycles. The molecule has 1 atom stereocenters. The summed E-state index contributed by atoms with van der Waals surface area (Å²) in [4.78, 5) is 24.2. The zero-order chi connectivity index (χ0) is 26.6. The van der Waals surface area contributed by atoms with Gasteiger partial charge in [-0.2, -0.15) is 0 Å². The maximum absolute atomic E-state index is 14.1. The van der Waals surface area contributed by atoms with E-state index in [1.165, 1.54) is 36.4 Å². The monoisotopic (exact) mass is 696 g/mol. The molecule has 0 unspecified atom stereocenters. The highest BCUT2D eigenvalue weighted by Crippen LogP contribution is 2.26. The van der Waals surface area contributed by atoms with Crippen LogP contribution in [0, 0.1) is 21.0 Å². The summed E-state index contributed by atoms with van der Waals surface area (Å²) in [5.74, 6) is -4.80. The predicted octanol–water partition coefficient (Wildman–Crippen LogP) is 4.79. The van der Waals surface area contributed by atoms with Crippen molar-refractivity contribution in [3.8, 4) is 0 Å². The first-order chi connectivity index (χ1) is 16.9. The molecule has 0 aliphatic heterocycles. The smallest absolute Gasteiger partial charge is 0.328 e. The molecule has 1 amide bonds. The number of esters is 1. The summed E-state index contributed by atoms with van der Waals surface area (Å²) in [5, 5.41) is 2.47. The van der Waals surface area contributed by atoms with Gasteiger partial charge in [-0.1, -0.05) is 12.1 Å². The SMILES string of the molecule is COC(=O)[C@H](Cc1ccc(F)c(Br)c1)NC(=O)c1ccc(I)cc1NS(=O)(=O)c1c(F)cccc1F. The number of hydrogen-bond donors (Lipinski definition) is 2. The van der Waals surface area contributed by atoms with Gasteiger partial charge in [0.05, 0.1) is 22.8 Å². The van der Waals surface area contributed by atoms with Crippen molar-refractivity contribution in [1.82, 2.24) is 5.32 Å². The summed E-state index contributed by atoms with van der Waals surface area (Å²) in [6.07, 6.45) is -0.0663. The molecular weight excluding hydrogens is 680 g/mol. The molecule has 0 bridgehead atoms. The van der Waals surface area contributed by atoms with Gasteiger partial charge in [-0.25, -0.2) is 26.4 Å². The zero-order valence-electron chi connectivity index (χ0n) is 18.3. The fraction of sp³-hybridized carbons (Fsp3) is 0.130. The molecule has 0 aliphatic carbocycles. The molecule has 13 heteroatoms. The highest BCUT2D eigenvalue weighted by molar-refractivity contribution is 14.1. The summed E-state index contributed by atoms with van der Waals surface area (Å²) < 4.78 is 74.8. The highest BCUT2D eigenvalue weighted by Gasteiger charge is 2.28. The Hall–Kier alpha value is -2.65. The van der Waals surface area contributed by atoms with Crippen molar-refractivity contribution in [1.29, 1.82) is 0 Å². The summed E-state index contributed by atoms with van der Waals surface area (Å²) in [7, 11) is -3.65. The summed E-state index contributed by atoms with van der Waals surface area (Å²) in [6, 6.07) is 9.49. The van der Waals surface area contributed by atoms with Gasteiger partial charge in [0, 0.05) is 9.99 Å². The van der Waals surface area contributed by atoms with Gasteiger partial charge in [-0.15, -0.1) is 0 Å². The van der Waals surface area contributed by atoms with Crippen LogP contribution in [-0.2, 0) is 26.0 Å². The number of amides is 1. The number of anilines is 1. The van der Waals surface area contributed by atoms with E-state index in [9.17, 15) is 31.2 Å². The molecule has 0 aliphatic rings. The van der Waals surface area contributed by atoms with Crippen LogP contribution in [0.15, 0.2) is 64.0 Å². The minimum Gasteiger partial charge on any atom is -0.467 e. The largest absolute Gasteiger partial charge is 0.467 e. The van der Waals surface area contributed by atoms with Gasteiger partial charge in [0.25, 0.3) is 15.9 Å². The summed E-state index contributed by atoms with van der Waals surface area (Å²) >= 11 is 4.92. The lowest BCUT2D eigenvalue weighted by atomic mass is 10.0.